The molecular weight excluding hydrogens is 268 g/mol. The quantitative estimate of drug-likeness (QED) is 0.913. The molecule has 110 valence electrons. The number of hydrogen-bond donors (Lipinski definition) is 1. The molecular formula is C16H18N2O3. The van der Waals surface area contributed by atoms with E-state index in [0.29, 0.717) is 25.5 Å². The van der Waals surface area contributed by atoms with Crippen LogP contribution in [0.15, 0.2) is 48.8 Å². The predicted octanol–water partition coefficient (Wildman–Crippen LogP) is 2.29. The Bertz CT molecular complexity index is 577. The fourth-order valence-corrected chi connectivity index (χ4v) is 2.21. The molecule has 1 fully saturated rings. The third-order valence-corrected chi connectivity index (χ3v) is 3.31. The zero-order chi connectivity index (χ0) is 14.5. The minimum Gasteiger partial charge on any atom is -0.397 e. The van der Waals surface area contributed by atoms with Gasteiger partial charge in [0, 0.05) is 11.8 Å². The smallest absolute Gasteiger partial charge is 0.186 e. The van der Waals surface area contributed by atoms with E-state index in [1.165, 1.54) is 0 Å². The van der Waals surface area contributed by atoms with Crippen molar-refractivity contribution >= 4 is 5.69 Å². The highest BCUT2D eigenvalue weighted by molar-refractivity contribution is 5.44. The molecule has 5 heteroatoms. The second-order valence-electron chi connectivity index (χ2n) is 4.93. The number of nitrogen functional groups attached to an aromatic ring is 1. The summed E-state index contributed by atoms with van der Waals surface area (Å²) >= 11 is 0. The zero-order valence-corrected chi connectivity index (χ0v) is 11.6. The molecule has 1 aliphatic heterocycles. The summed E-state index contributed by atoms with van der Waals surface area (Å²) in [5.74, 6) is 0. The summed E-state index contributed by atoms with van der Waals surface area (Å²) < 4.78 is 17.1. The number of nitrogens with two attached hydrogens (primary N) is 1. The van der Waals surface area contributed by atoms with Crippen LogP contribution in [0.25, 0.3) is 0 Å². The number of nitrogens with zero attached hydrogens (tertiary/aromatic N) is 1. The van der Waals surface area contributed by atoms with E-state index < -0.39 is 6.29 Å². The Morgan fingerprint density at radius 1 is 1.24 bits per heavy atom. The lowest BCUT2D eigenvalue weighted by molar-refractivity contribution is -0.0747. The van der Waals surface area contributed by atoms with Gasteiger partial charge in [0.25, 0.3) is 0 Å². The van der Waals surface area contributed by atoms with Gasteiger partial charge in [-0.1, -0.05) is 30.3 Å². The molecule has 0 radical (unpaired) electrons. The first-order valence-electron chi connectivity index (χ1n) is 6.91. The number of ether oxygens (including phenoxy) is 3. The molecule has 1 aromatic carbocycles. The highest BCUT2D eigenvalue weighted by Gasteiger charge is 2.28. The highest BCUT2D eigenvalue weighted by atomic mass is 16.7. The van der Waals surface area contributed by atoms with Crippen LogP contribution in [0.5, 0.6) is 0 Å². The van der Waals surface area contributed by atoms with E-state index in [-0.39, 0.29) is 6.10 Å². The number of pyridine rings is 1. The summed E-state index contributed by atoms with van der Waals surface area (Å²) in [6, 6.07) is 11.9. The van der Waals surface area contributed by atoms with Crippen molar-refractivity contribution < 1.29 is 14.2 Å². The number of hydrogen-bond acceptors (Lipinski definition) is 5. The molecule has 5 nitrogen and oxygen atoms in total. The lowest BCUT2D eigenvalue weighted by atomic mass is 10.2. The minimum absolute atomic E-state index is 0.0775. The van der Waals surface area contributed by atoms with Crippen molar-refractivity contribution in [2.45, 2.75) is 19.0 Å². The van der Waals surface area contributed by atoms with Crippen molar-refractivity contribution in [3.8, 4) is 0 Å². The Morgan fingerprint density at radius 2 is 2.10 bits per heavy atom. The zero-order valence-electron chi connectivity index (χ0n) is 11.6. The molecule has 0 saturated carbocycles. The van der Waals surface area contributed by atoms with Gasteiger partial charge in [0.2, 0.25) is 0 Å². The molecule has 2 aromatic rings. The second-order valence-corrected chi connectivity index (χ2v) is 4.93. The molecule has 0 amide bonds. The highest BCUT2D eigenvalue weighted by Crippen LogP contribution is 2.30. The SMILES string of the molecule is Nc1cnccc1C1OCC(COCc2ccccc2)O1. The van der Waals surface area contributed by atoms with Crippen LogP contribution >= 0.6 is 0 Å². The van der Waals surface area contributed by atoms with Crippen LogP contribution in [0.2, 0.25) is 0 Å². The average molecular weight is 286 g/mol. The van der Waals surface area contributed by atoms with E-state index in [2.05, 4.69) is 4.98 Å². The van der Waals surface area contributed by atoms with Crippen molar-refractivity contribution in [2.75, 3.05) is 18.9 Å². The summed E-state index contributed by atoms with van der Waals surface area (Å²) in [4.78, 5) is 3.96. The second kappa shape index (κ2) is 6.67. The molecule has 3 rings (SSSR count). The van der Waals surface area contributed by atoms with Gasteiger partial charge >= 0.3 is 0 Å². The number of benzene rings is 1. The normalized spacial score (nSPS) is 21.5. The molecule has 1 saturated heterocycles. The first-order chi connectivity index (χ1) is 10.3. The lowest BCUT2D eigenvalue weighted by Gasteiger charge is -2.13. The summed E-state index contributed by atoms with van der Waals surface area (Å²) in [7, 11) is 0. The molecule has 1 aromatic heterocycles. The van der Waals surface area contributed by atoms with Gasteiger partial charge in [0.1, 0.15) is 6.10 Å². The summed E-state index contributed by atoms with van der Waals surface area (Å²) in [5, 5.41) is 0. The van der Waals surface area contributed by atoms with Crippen molar-refractivity contribution in [3.05, 3.63) is 59.9 Å². The van der Waals surface area contributed by atoms with Crippen LogP contribution in [0.1, 0.15) is 17.4 Å². The maximum atomic E-state index is 5.87. The summed E-state index contributed by atoms with van der Waals surface area (Å²) in [6.07, 6.45) is 2.77. The topological polar surface area (TPSA) is 66.6 Å². The van der Waals surface area contributed by atoms with Crippen molar-refractivity contribution in [1.82, 2.24) is 4.98 Å². The Labute approximate surface area is 123 Å². The van der Waals surface area contributed by atoms with Gasteiger partial charge in [-0.3, -0.25) is 4.98 Å². The van der Waals surface area contributed by atoms with Crippen LogP contribution in [0, 0.1) is 0 Å². The first kappa shape index (κ1) is 14.0. The standard InChI is InChI=1S/C16H18N2O3/c17-15-8-18-7-6-14(15)16-20-11-13(21-16)10-19-9-12-4-2-1-3-5-12/h1-8,13,16H,9-11,17H2. The first-order valence-corrected chi connectivity index (χ1v) is 6.91. The lowest BCUT2D eigenvalue weighted by Crippen LogP contribution is -2.17. The van der Waals surface area contributed by atoms with Gasteiger partial charge in [0.15, 0.2) is 6.29 Å². The van der Waals surface area contributed by atoms with Gasteiger partial charge in [-0.25, -0.2) is 0 Å². The Morgan fingerprint density at radius 3 is 2.90 bits per heavy atom. The van der Waals surface area contributed by atoms with Crippen LogP contribution in [0.3, 0.4) is 0 Å². The number of anilines is 1. The van der Waals surface area contributed by atoms with E-state index in [9.17, 15) is 0 Å². The van der Waals surface area contributed by atoms with Crippen molar-refractivity contribution in [3.63, 3.8) is 0 Å². The molecule has 1 aliphatic rings. The van der Waals surface area contributed by atoms with Gasteiger partial charge in [-0.15, -0.1) is 0 Å². The van der Waals surface area contributed by atoms with E-state index in [1.54, 1.807) is 12.4 Å². The van der Waals surface area contributed by atoms with Crippen LogP contribution in [0.4, 0.5) is 5.69 Å². The number of aromatic nitrogens is 1. The van der Waals surface area contributed by atoms with Crippen LogP contribution < -0.4 is 5.73 Å². The Hall–Kier alpha value is -1.95. The Kier molecular flexibility index (Phi) is 4.45. The molecule has 0 aliphatic carbocycles. The van der Waals surface area contributed by atoms with E-state index in [1.807, 2.05) is 36.4 Å². The summed E-state index contributed by atoms with van der Waals surface area (Å²) in [5.41, 5.74) is 8.41. The summed E-state index contributed by atoms with van der Waals surface area (Å²) in [6.45, 7) is 1.57. The van der Waals surface area contributed by atoms with Crippen molar-refractivity contribution in [2.24, 2.45) is 0 Å². The van der Waals surface area contributed by atoms with Gasteiger partial charge in [-0.05, 0) is 11.6 Å². The maximum Gasteiger partial charge on any atom is 0.186 e. The molecule has 21 heavy (non-hydrogen) atoms. The molecule has 2 atom stereocenters. The minimum atomic E-state index is -0.432. The monoisotopic (exact) mass is 286 g/mol. The van der Waals surface area contributed by atoms with E-state index in [4.69, 9.17) is 19.9 Å². The maximum absolute atomic E-state index is 5.87. The molecule has 0 bridgehead atoms. The van der Waals surface area contributed by atoms with Crippen molar-refractivity contribution in [1.29, 1.82) is 0 Å². The van der Waals surface area contributed by atoms with E-state index >= 15 is 0 Å². The van der Waals surface area contributed by atoms with Gasteiger partial charge in [-0.2, -0.15) is 0 Å². The van der Waals surface area contributed by atoms with Crippen LogP contribution in [-0.2, 0) is 20.8 Å². The van der Waals surface area contributed by atoms with E-state index in [0.717, 1.165) is 11.1 Å². The van der Waals surface area contributed by atoms with Crippen LogP contribution in [-0.4, -0.2) is 24.3 Å². The fraction of sp³-hybridized carbons (Fsp3) is 0.312. The molecule has 2 N–H and O–H groups in total. The molecule has 2 heterocycles. The van der Waals surface area contributed by atoms with Gasteiger partial charge in [0.05, 0.1) is 31.7 Å². The average Bonchev–Trinajstić information content (AvgIpc) is 2.97. The third-order valence-electron chi connectivity index (χ3n) is 3.31. The largest absolute Gasteiger partial charge is 0.397 e. The van der Waals surface area contributed by atoms with Gasteiger partial charge < -0.3 is 19.9 Å². The number of rotatable bonds is 5. The Balaban J connectivity index is 1.48. The predicted molar refractivity (Wildman–Crippen MR) is 78.3 cm³/mol. The molecule has 2 unspecified atom stereocenters. The molecule has 0 spiro atoms. The fourth-order valence-electron chi connectivity index (χ4n) is 2.21. The third kappa shape index (κ3) is 3.58.